The van der Waals surface area contributed by atoms with E-state index in [0.29, 0.717) is 40.9 Å². The van der Waals surface area contributed by atoms with Crippen LogP contribution in [0.3, 0.4) is 0 Å². The number of hydrogen-bond donors (Lipinski definition) is 1. The number of aliphatic carboxylic acids is 1. The second-order valence-electron chi connectivity index (χ2n) is 7.63. The average Bonchev–Trinajstić information content (AvgIpc) is 3.39. The second kappa shape index (κ2) is 9.48. The maximum atomic E-state index is 12.7. The van der Waals surface area contributed by atoms with Crippen molar-refractivity contribution in [1.29, 1.82) is 0 Å². The van der Waals surface area contributed by atoms with E-state index in [1.165, 1.54) is 12.1 Å². The normalized spacial score (nSPS) is 16.8. The predicted octanol–water partition coefficient (Wildman–Crippen LogP) is 5.21. The Bertz CT molecular complexity index is 1110. The van der Waals surface area contributed by atoms with E-state index in [4.69, 9.17) is 9.15 Å². The minimum absolute atomic E-state index is 0.138. The SMILES string of the molecule is Cc1oc(-c2ccc(C(F)(F)F)cc2)nc1COc1ccc(CN2CSC[C@H]2C(=O)O)cc1. The van der Waals surface area contributed by atoms with Gasteiger partial charge in [0, 0.05) is 23.7 Å². The Labute approximate surface area is 192 Å². The van der Waals surface area contributed by atoms with E-state index in [1.807, 2.05) is 17.0 Å². The summed E-state index contributed by atoms with van der Waals surface area (Å²) in [4.78, 5) is 17.6. The molecular weight excluding hydrogens is 457 g/mol. The summed E-state index contributed by atoms with van der Waals surface area (Å²) in [7, 11) is 0. The maximum Gasteiger partial charge on any atom is 0.416 e. The third-order valence-electron chi connectivity index (χ3n) is 5.30. The Kier molecular flexibility index (Phi) is 6.66. The Morgan fingerprint density at radius 2 is 1.91 bits per heavy atom. The molecule has 2 heterocycles. The fourth-order valence-corrected chi connectivity index (χ4v) is 4.61. The summed E-state index contributed by atoms with van der Waals surface area (Å²) in [5, 5.41) is 9.29. The van der Waals surface area contributed by atoms with Gasteiger partial charge >= 0.3 is 12.1 Å². The van der Waals surface area contributed by atoms with Crippen LogP contribution in [-0.4, -0.2) is 38.6 Å². The summed E-state index contributed by atoms with van der Waals surface area (Å²) in [6, 6.07) is 11.6. The highest BCUT2D eigenvalue weighted by molar-refractivity contribution is 7.99. The lowest BCUT2D eigenvalue weighted by atomic mass is 10.1. The first-order valence-corrected chi connectivity index (χ1v) is 11.3. The smallest absolute Gasteiger partial charge is 0.416 e. The highest BCUT2D eigenvalue weighted by Gasteiger charge is 2.31. The van der Waals surface area contributed by atoms with Crippen molar-refractivity contribution in [3.8, 4) is 17.2 Å². The van der Waals surface area contributed by atoms with Gasteiger partial charge in [0.15, 0.2) is 0 Å². The number of carboxylic acid groups (broad SMARTS) is 1. The number of thioether (sulfide) groups is 1. The molecule has 174 valence electrons. The van der Waals surface area contributed by atoms with Gasteiger partial charge in [0.2, 0.25) is 5.89 Å². The molecular formula is C23H21F3N2O4S. The van der Waals surface area contributed by atoms with Crippen LogP contribution >= 0.6 is 11.8 Å². The topological polar surface area (TPSA) is 75.8 Å². The quantitative estimate of drug-likeness (QED) is 0.500. The fourth-order valence-electron chi connectivity index (χ4n) is 3.42. The number of aromatic nitrogens is 1. The molecule has 0 radical (unpaired) electrons. The number of alkyl halides is 3. The first kappa shape index (κ1) is 23.2. The van der Waals surface area contributed by atoms with Crippen LogP contribution in [0.1, 0.15) is 22.6 Å². The van der Waals surface area contributed by atoms with Crippen molar-refractivity contribution < 1.29 is 32.2 Å². The van der Waals surface area contributed by atoms with Crippen molar-refractivity contribution in [3.05, 3.63) is 71.1 Å². The van der Waals surface area contributed by atoms with Crippen LogP contribution in [0.15, 0.2) is 52.9 Å². The monoisotopic (exact) mass is 478 g/mol. The molecule has 1 aliphatic heterocycles. The fraction of sp³-hybridized carbons (Fsp3) is 0.304. The van der Waals surface area contributed by atoms with Crippen LogP contribution in [0.4, 0.5) is 13.2 Å². The van der Waals surface area contributed by atoms with E-state index >= 15 is 0 Å². The van der Waals surface area contributed by atoms with Crippen molar-refractivity contribution in [1.82, 2.24) is 9.88 Å². The van der Waals surface area contributed by atoms with Gasteiger partial charge < -0.3 is 14.3 Å². The van der Waals surface area contributed by atoms with Crippen LogP contribution in [0.5, 0.6) is 5.75 Å². The molecule has 6 nitrogen and oxygen atoms in total. The lowest BCUT2D eigenvalue weighted by Crippen LogP contribution is -2.37. The summed E-state index contributed by atoms with van der Waals surface area (Å²) in [5.74, 6) is 1.82. The molecule has 0 unspecified atom stereocenters. The van der Waals surface area contributed by atoms with E-state index in [0.717, 1.165) is 17.7 Å². The number of rotatable bonds is 7. The first-order valence-electron chi connectivity index (χ1n) is 10.1. The Morgan fingerprint density at radius 1 is 1.21 bits per heavy atom. The van der Waals surface area contributed by atoms with E-state index in [9.17, 15) is 23.1 Å². The molecule has 1 atom stereocenters. The van der Waals surface area contributed by atoms with Gasteiger partial charge in [0.1, 0.15) is 29.9 Å². The largest absolute Gasteiger partial charge is 0.487 e. The molecule has 3 aromatic rings. The Balaban J connectivity index is 1.37. The zero-order valence-electron chi connectivity index (χ0n) is 17.6. The molecule has 1 fully saturated rings. The Morgan fingerprint density at radius 3 is 2.55 bits per heavy atom. The van der Waals surface area contributed by atoms with Gasteiger partial charge in [-0.2, -0.15) is 13.2 Å². The van der Waals surface area contributed by atoms with E-state index < -0.39 is 23.8 Å². The van der Waals surface area contributed by atoms with Crippen molar-refractivity contribution in [2.45, 2.75) is 32.3 Å². The molecule has 0 saturated carbocycles. The zero-order valence-corrected chi connectivity index (χ0v) is 18.4. The summed E-state index contributed by atoms with van der Waals surface area (Å²) in [6.07, 6.45) is -4.40. The maximum absolute atomic E-state index is 12.7. The van der Waals surface area contributed by atoms with Gasteiger partial charge in [-0.15, -0.1) is 11.8 Å². The van der Waals surface area contributed by atoms with Crippen molar-refractivity contribution in [2.24, 2.45) is 0 Å². The van der Waals surface area contributed by atoms with Crippen molar-refractivity contribution in [3.63, 3.8) is 0 Å². The standard InChI is InChI=1S/C23H21F3N2O4S/c1-14-19(27-21(32-14)16-4-6-17(7-5-16)23(24,25)26)11-31-18-8-2-15(3-9-18)10-28-13-33-12-20(28)22(29)30/h2-9,20H,10-13H2,1H3,(H,29,30)/t20-/m0/s1. The number of aryl methyl sites for hydroxylation is 1. The molecule has 4 rings (SSSR count). The molecule has 33 heavy (non-hydrogen) atoms. The van der Waals surface area contributed by atoms with Crippen LogP contribution in [-0.2, 0) is 24.1 Å². The number of oxazole rings is 1. The second-order valence-corrected chi connectivity index (χ2v) is 8.63. The van der Waals surface area contributed by atoms with Gasteiger partial charge in [-0.1, -0.05) is 12.1 Å². The molecule has 1 aromatic heterocycles. The molecule has 1 aliphatic rings. The molecule has 0 spiro atoms. The number of hydrogen-bond acceptors (Lipinski definition) is 6. The number of benzene rings is 2. The Hall–Kier alpha value is -2.98. The number of carbonyl (C=O) groups is 1. The lowest BCUT2D eigenvalue weighted by molar-refractivity contribution is -0.142. The third kappa shape index (κ3) is 5.51. The van der Waals surface area contributed by atoms with Crippen molar-refractivity contribution in [2.75, 3.05) is 11.6 Å². The number of halogens is 3. The van der Waals surface area contributed by atoms with Gasteiger partial charge in [0.25, 0.3) is 0 Å². The molecule has 0 aliphatic carbocycles. The van der Waals surface area contributed by atoms with Gasteiger partial charge in [-0.25, -0.2) is 4.98 Å². The van der Waals surface area contributed by atoms with Gasteiger partial charge in [0.05, 0.1) is 5.56 Å². The summed E-state index contributed by atoms with van der Waals surface area (Å²) in [6.45, 7) is 2.40. The molecule has 1 saturated heterocycles. The first-order chi connectivity index (χ1) is 15.7. The molecule has 1 N–H and O–H groups in total. The van der Waals surface area contributed by atoms with Crippen molar-refractivity contribution >= 4 is 17.7 Å². The zero-order chi connectivity index (χ0) is 23.6. The third-order valence-corrected chi connectivity index (χ3v) is 6.36. The molecule has 2 aromatic carbocycles. The minimum atomic E-state index is -4.40. The molecule has 0 amide bonds. The van der Waals surface area contributed by atoms with Crippen LogP contribution in [0.2, 0.25) is 0 Å². The van der Waals surface area contributed by atoms with Gasteiger partial charge in [-0.3, -0.25) is 9.69 Å². The van der Waals surface area contributed by atoms with Crippen LogP contribution in [0, 0.1) is 6.92 Å². The minimum Gasteiger partial charge on any atom is -0.487 e. The molecule has 10 heteroatoms. The summed E-state index contributed by atoms with van der Waals surface area (Å²) >= 11 is 1.60. The summed E-state index contributed by atoms with van der Waals surface area (Å²) in [5.41, 5.74) is 1.25. The van der Waals surface area contributed by atoms with E-state index in [2.05, 4.69) is 4.98 Å². The van der Waals surface area contributed by atoms with Crippen LogP contribution < -0.4 is 4.74 Å². The number of ether oxygens (including phenoxy) is 1. The molecule has 0 bridgehead atoms. The van der Waals surface area contributed by atoms with E-state index in [-0.39, 0.29) is 12.5 Å². The lowest BCUT2D eigenvalue weighted by Gasteiger charge is -2.20. The highest BCUT2D eigenvalue weighted by atomic mass is 32.2. The predicted molar refractivity (Wildman–Crippen MR) is 117 cm³/mol. The van der Waals surface area contributed by atoms with E-state index in [1.54, 1.807) is 30.8 Å². The van der Waals surface area contributed by atoms with Crippen LogP contribution in [0.25, 0.3) is 11.5 Å². The summed E-state index contributed by atoms with van der Waals surface area (Å²) < 4.78 is 49.6. The van der Waals surface area contributed by atoms with Gasteiger partial charge in [-0.05, 0) is 48.9 Å². The highest BCUT2D eigenvalue weighted by Crippen LogP contribution is 2.31. The number of nitrogens with zero attached hydrogens (tertiary/aromatic N) is 2. The average molecular weight is 478 g/mol. The number of carboxylic acids is 1.